The fraction of sp³-hybridized carbons (Fsp3) is 0.821. The molecule has 0 aromatic heterocycles. The third kappa shape index (κ3) is 26.1. The third-order valence-corrected chi connectivity index (χ3v) is 11.0. The molecule has 3 amide bonds. The van der Waals surface area contributed by atoms with Gasteiger partial charge in [0.1, 0.15) is 48.7 Å². The van der Waals surface area contributed by atoms with Crippen molar-refractivity contribution in [2.24, 2.45) is 0 Å². The van der Waals surface area contributed by atoms with E-state index in [0.717, 1.165) is 14.9 Å². The molecule has 17 N–H and O–H groups in total. The minimum Gasteiger partial charge on any atom is -0.480 e. The van der Waals surface area contributed by atoms with Crippen molar-refractivity contribution in [3.63, 3.8) is 0 Å². The van der Waals surface area contributed by atoms with Gasteiger partial charge in [-0.1, -0.05) is 13.8 Å². The lowest BCUT2D eigenvalue weighted by atomic mass is 10.0. The molecule has 11 atom stereocenters. The lowest BCUT2D eigenvalue weighted by molar-refractivity contribution is -0.169. The SMILES string of the molecule is CCCN(CCC)C(=O)C[C@@H](C(=O)O)N(CCN(CCN(CC(=O)O)C(CCON(CCNC(=O)C(O)C(O)C(O)C(O)CO)CCNC(=O)C(O)C(O)C(O)C(O)CO)C(=O)O)CO[P+](=O)O)CC(=O)O. The summed E-state index contributed by atoms with van der Waals surface area (Å²) in [6.45, 7) is -4.11. The molecule has 0 aromatic carbocycles. The van der Waals surface area contributed by atoms with Crippen molar-refractivity contribution in [1.82, 2.24) is 35.3 Å². The van der Waals surface area contributed by atoms with Crippen LogP contribution in [0.15, 0.2) is 0 Å². The van der Waals surface area contributed by atoms with Gasteiger partial charge >= 0.3 is 32.1 Å². The first-order valence-electron chi connectivity index (χ1n) is 22.5. The van der Waals surface area contributed by atoms with Gasteiger partial charge in [-0.3, -0.25) is 53.1 Å². The smallest absolute Gasteiger partial charge is 0.480 e. The van der Waals surface area contributed by atoms with E-state index in [1.54, 1.807) is 0 Å². The van der Waals surface area contributed by atoms with Crippen molar-refractivity contribution >= 4 is 49.9 Å². The number of amides is 3. The van der Waals surface area contributed by atoms with Crippen molar-refractivity contribution < 1.29 is 124 Å². The summed E-state index contributed by atoms with van der Waals surface area (Å²) >= 11 is 0. The maximum Gasteiger partial charge on any atom is 0.696 e. The summed E-state index contributed by atoms with van der Waals surface area (Å²) in [5.41, 5.74) is 0. The molecule has 0 heterocycles. The number of nitrogens with zero attached hydrogens (tertiary/aromatic N) is 5. The number of aliphatic hydroxyl groups is 10. The Morgan fingerprint density at radius 1 is 0.583 bits per heavy atom. The van der Waals surface area contributed by atoms with Crippen LogP contribution in [0.5, 0.6) is 0 Å². The van der Waals surface area contributed by atoms with E-state index < -0.39 is 189 Å². The van der Waals surface area contributed by atoms with Crippen LogP contribution < -0.4 is 10.6 Å². The van der Waals surface area contributed by atoms with Gasteiger partial charge in [0.15, 0.2) is 18.9 Å². The van der Waals surface area contributed by atoms with Crippen LogP contribution in [0, 0.1) is 0 Å². The number of aliphatic carboxylic acids is 4. The summed E-state index contributed by atoms with van der Waals surface area (Å²) in [5.74, 6) is -9.24. The van der Waals surface area contributed by atoms with Crippen LogP contribution in [0.1, 0.15) is 39.5 Å². The number of carboxylic acids is 4. The Balaban J connectivity index is 6.40. The van der Waals surface area contributed by atoms with Gasteiger partial charge in [-0.15, -0.1) is 9.42 Å². The Labute approximate surface area is 414 Å². The second kappa shape index (κ2) is 36.6. The number of nitrogens with one attached hydrogen (secondary N) is 2. The molecule has 418 valence electrons. The summed E-state index contributed by atoms with van der Waals surface area (Å²) in [6.07, 6.45) is -17.4. The number of carbonyl (C=O) groups is 7. The van der Waals surface area contributed by atoms with E-state index in [0.29, 0.717) is 25.9 Å². The lowest BCUT2D eigenvalue weighted by Crippen LogP contribution is -2.53. The minimum absolute atomic E-state index is 0.315. The predicted octanol–water partition coefficient (Wildman–Crippen LogP) is -8.64. The maximum absolute atomic E-state index is 13.1. The van der Waals surface area contributed by atoms with Gasteiger partial charge in [0.2, 0.25) is 5.91 Å². The van der Waals surface area contributed by atoms with E-state index in [9.17, 15) is 104 Å². The van der Waals surface area contributed by atoms with Gasteiger partial charge < -0.3 is 87.0 Å². The predicted molar refractivity (Wildman–Crippen MR) is 241 cm³/mol. The molecule has 33 heteroatoms. The molecule has 0 spiro atoms. The highest BCUT2D eigenvalue weighted by atomic mass is 31.1. The number of hydrogen-bond acceptors (Lipinski definition) is 24. The zero-order valence-corrected chi connectivity index (χ0v) is 40.8. The second-order valence-corrected chi connectivity index (χ2v) is 16.9. The molecule has 0 aliphatic rings. The first-order chi connectivity index (χ1) is 33.8. The number of carbonyl (C=O) groups excluding carboxylic acids is 3. The monoisotopic (exact) mass is 1070 g/mol. The molecule has 0 aromatic rings. The molecule has 0 aliphatic heterocycles. The Bertz CT molecular complexity index is 1630. The average Bonchev–Trinajstić information content (AvgIpc) is 3.32. The average molecular weight is 1070 g/mol. The van der Waals surface area contributed by atoms with Crippen molar-refractivity contribution in [3.8, 4) is 0 Å². The summed E-state index contributed by atoms with van der Waals surface area (Å²) in [5, 5.41) is 142. The maximum atomic E-state index is 13.1. The van der Waals surface area contributed by atoms with Crippen LogP contribution in [-0.4, -0.2) is 309 Å². The topological polar surface area (TPSA) is 499 Å². The Morgan fingerprint density at radius 3 is 1.36 bits per heavy atom. The van der Waals surface area contributed by atoms with Gasteiger partial charge in [-0.25, -0.2) is 0 Å². The molecule has 0 bridgehead atoms. The number of hydroxylamine groups is 2. The van der Waals surface area contributed by atoms with Gasteiger partial charge in [-0.05, 0) is 19.3 Å². The van der Waals surface area contributed by atoms with E-state index >= 15 is 0 Å². The molecule has 0 radical (unpaired) electrons. The van der Waals surface area contributed by atoms with Crippen LogP contribution >= 0.6 is 8.25 Å². The van der Waals surface area contributed by atoms with Crippen LogP contribution in [0.25, 0.3) is 0 Å². The van der Waals surface area contributed by atoms with E-state index in [1.807, 2.05) is 13.8 Å². The second-order valence-electron chi connectivity index (χ2n) is 16.1. The minimum atomic E-state index is -3.26. The Hall–Kier alpha value is -4.29. The van der Waals surface area contributed by atoms with Gasteiger partial charge in [-0.2, -0.15) is 5.06 Å². The van der Waals surface area contributed by atoms with Crippen molar-refractivity contribution in [3.05, 3.63) is 0 Å². The van der Waals surface area contributed by atoms with Gasteiger partial charge in [0.25, 0.3) is 11.8 Å². The van der Waals surface area contributed by atoms with Crippen LogP contribution in [0.3, 0.4) is 0 Å². The summed E-state index contributed by atoms with van der Waals surface area (Å²) in [6, 6.07) is -3.33. The van der Waals surface area contributed by atoms with E-state index in [2.05, 4.69) is 10.6 Å². The van der Waals surface area contributed by atoms with Crippen molar-refractivity contribution in [2.45, 2.75) is 100 Å². The van der Waals surface area contributed by atoms with E-state index in [1.165, 1.54) is 9.80 Å². The van der Waals surface area contributed by atoms with Crippen LogP contribution in [-0.2, 0) is 47.5 Å². The summed E-state index contributed by atoms with van der Waals surface area (Å²) < 4.78 is 16.3. The van der Waals surface area contributed by atoms with Gasteiger partial charge in [0.05, 0.1) is 39.3 Å². The molecule has 0 fully saturated rings. The molecular formula is C39H73N7O25P+. The zero-order chi connectivity index (χ0) is 55.2. The molecule has 0 saturated carbocycles. The molecule has 72 heavy (non-hydrogen) atoms. The van der Waals surface area contributed by atoms with Gasteiger partial charge in [0, 0.05) is 70.0 Å². The first-order valence-corrected chi connectivity index (χ1v) is 23.7. The number of carboxylic acid groups (broad SMARTS) is 4. The number of aliphatic hydroxyl groups excluding tert-OH is 10. The number of hydrogen-bond donors (Lipinski definition) is 17. The van der Waals surface area contributed by atoms with Crippen LogP contribution in [0.4, 0.5) is 0 Å². The van der Waals surface area contributed by atoms with Crippen molar-refractivity contribution in [2.75, 3.05) is 105 Å². The summed E-state index contributed by atoms with van der Waals surface area (Å²) in [7, 11) is -3.26. The highest BCUT2D eigenvalue weighted by Crippen LogP contribution is 2.17. The molecule has 0 saturated heterocycles. The molecule has 0 rings (SSSR count). The van der Waals surface area contributed by atoms with E-state index in [-0.39, 0.29) is 26.2 Å². The number of rotatable bonds is 43. The fourth-order valence-corrected chi connectivity index (χ4v) is 6.95. The van der Waals surface area contributed by atoms with Crippen molar-refractivity contribution in [1.29, 1.82) is 0 Å². The fourth-order valence-electron chi connectivity index (χ4n) is 6.69. The largest absolute Gasteiger partial charge is 0.696 e. The van der Waals surface area contributed by atoms with Crippen LogP contribution in [0.2, 0.25) is 0 Å². The lowest BCUT2D eigenvalue weighted by Gasteiger charge is -2.33. The standard InChI is InChI=1S/C39H72N7O25P/c1-3-8-43(9-4-2)27(51)17-24(39(66)67)45(19-29(54)55)15-13-42(22-71-72(68)69)12-14-44(18-28(52)53)23(38(64)65)5-16-70-46(10-6-40-36(62)34(60)32(58)30(56)25(49)20-47)11-7-41-37(63)35(61)33(59)31(57)26(50)21-48/h23-26,30-35,47-50,56-61H,3-22H2,1-2H3,(H6-,40,41,52,53,54,55,62,63,64,65,66,67,68,69)/p+1/t23?,24-,25?,26?,30?,31?,32?,33?,34?,35?/m0/s1. The molecule has 0 aliphatic carbocycles. The molecular weight excluding hydrogens is 997 g/mol. The highest BCUT2D eigenvalue weighted by Gasteiger charge is 2.37. The van der Waals surface area contributed by atoms with E-state index in [4.69, 9.17) is 19.6 Å². The normalized spacial score (nSPS) is 16.3. The summed E-state index contributed by atoms with van der Waals surface area (Å²) in [4.78, 5) is 107. The highest BCUT2D eigenvalue weighted by molar-refractivity contribution is 7.32. The first kappa shape index (κ1) is 67.7. The quantitative estimate of drug-likeness (QED) is 0.0153. The zero-order valence-electron chi connectivity index (χ0n) is 39.9. The third-order valence-electron chi connectivity index (χ3n) is 10.6. The Kier molecular flexibility index (Phi) is 34.4. The Morgan fingerprint density at radius 2 is 1.00 bits per heavy atom. The molecule has 10 unspecified atom stereocenters. The molecule has 32 nitrogen and oxygen atoms in total.